The van der Waals surface area contributed by atoms with Gasteiger partial charge in [-0.25, -0.2) is 4.39 Å². The lowest BCUT2D eigenvalue weighted by Gasteiger charge is -2.49. The largest absolute Gasteiger partial charge is 0.317 e. The zero-order chi connectivity index (χ0) is 24.4. The first-order chi connectivity index (χ1) is 16.0. The van der Waals surface area contributed by atoms with Crippen LogP contribution < -0.4 is 4.90 Å². The summed E-state index contributed by atoms with van der Waals surface area (Å²) in [5.41, 5.74) is 4.50. The highest BCUT2D eigenvalue weighted by atomic mass is 35.5. The van der Waals surface area contributed by atoms with Gasteiger partial charge in [0.1, 0.15) is 5.82 Å². The molecule has 1 heterocycles. The van der Waals surface area contributed by atoms with Gasteiger partial charge in [0, 0.05) is 52.0 Å². The average Bonchev–Trinajstić information content (AvgIpc) is 2.72. The zero-order valence-electron chi connectivity index (χ0n) is 20.0. The maximum absolute atomic E-state index is 13.8. The molecule has 0 radical (unpaired) electrons. The summed E-state index contributed by atoms with van der Waals surface area (Å²) in [6, 6.07) is 13.8. The summed E-state index contributed by atoms with van der Waals surface area (Å²) in [7, 11) is 0. The van der Waals surface area contributed by atoms with Crippen LogP contribution in [0, 0.1) is 16.6 Å². The van der Waals surface area contributed by atoms with Crippen LogP contribution in [-0.2, 0) is 9.59 Å². The minimum Gasteiger partial charge on any atom is -0.317 e. The lowest BCUT2D eigenvalue weighted by atomic mass is 9.63. The number of anilines is 1. The fourth-order valence-electron chi connectivity index (χ4n) is 5.86. The van der Waals surface area contributed by atoms with Crippen molar-refractivity contribution in [3.63, 3.8) is 0 Å². The minimum absolute atomic E-state index is 0.0718. The van der Waals surface area contributed by atoms with Crippen LogP contribution in [0.1, 0.15) is 64.9 Å². The summed E-state index contributed by atoms with van der Waals surface area (Å²) in [5, 5.41) is 0.614. The quantitative estimate of drug-likeness (QED) is 0.453. The molecule has 1 aliphatic heterocycles. The van der Waals surface area contributed by atoms with Gasteiger partial charge in [0.05, 0.1) is 0 Å². The summed E-state index contributed by atoms with van der Waals surface area (Å²) < 4.78 is 13.8. The van der Waals surface area contributed by atoms with E-state index in [1.165, 1.54) is 12.1 Å². The Morgan fingerprint density at radius 1 is 0.765 bits per heavy atom. The van der Waals surface area contributed by atoms with Gasteiger partial charge in [0.25, 0.3) is 0 Å². The molecule has 2 aromatic carbocycles. The monoisotopic (exact) mass is 477 g/mol. The van der Waals surface area contributed by atoms with E-state index in [1.807, 2.05) is 24.3 Å². The van der Waals surface area contributed by atoms with Gasteiger partial charge in [0.15, 0.2) is 11.6 Å². The minimum atomic E-state index is -0.411. The van der Waals surface area contributed by atoms with Gasteiger partial charge in [-0.1, -0.05) is 51.4 Å². The molecule has 0 saturated heterocycles. The summed E-state index contributed by atoms with van der Waals surface area (Å²) in [6.07, 6.45) is 2.24. The van der Waals surface area contributed by atoms with Crippen molar-refractivity contribution in [3.05, 3.63) is 87.5 Å². The predicted molar refractivity (Wildman–Crippen MR) is 133 cm³/mol. The van der Waals surface area contributed by atoms with E-state index in [4.69, 9.17) is 11.6 Å². The summed E-state index contributed by atoms with van der Waals surface area (Å²) in [5.74, 6) is -0.584. The first kappa shape index (κ1) is 23.0. The molecule has 3 aliphatic rings. The van der Waals surface area contributed by atoms with E-state index in [0.717, 1.165) is 22.6 Å². The molecule has 0 aromatic heterocycles. The number of Topliss-reactive ketones (excluding diaryl/α,β-unsaturated/α-hetero) is 2. The lowest BCUT2D eigenvalue weighted by Crippen LogP contribution is -2.44. The second-order valence-corrected chi connectivity index (χ2v) is 11.8. The van der Waals surface area contributed by atoms with Crippen LogP contribution in [0.2, 0.25) is 5.02 Å². The molecule has 5 heteroatoms. The molecule has 0 bridgehead atoms. The number of ketones is 2. The van der Waals surface area contributed by atoms with Crippen molar-refractivity contribution in [2.45, 2.75) is 59.3 Å². The van der Waals surface area contributed by atoms with Crippen LogP contribution in [0.3, 0.4) is 0 Å². The molecule has 0 amide bonds. The number of nitrogens with zero attached hydrogens (tertiary/aromatic N) is 1. The van der Waals surface area contributed by atoms with Crippen LogP contribution in [0.5, 0.6) is 0 Å². The third-order valence-electron chi connectivity index (χ3n) is 7.20. The van der Waals surface area contributed by atoms with Crippen molar-refractivity contribution < 1.29 is 14.0 Å². The fourth-order valence-corrected chi connectivity index (χ4v) is 5.98. The molecule has 34 heavy (non-hydrogen) atoms. The van der Waals surface area contributed by atoms with Crippen LogP contribution in [0.25, 0.3) is 0 Å². The van der Waals surface area contributed by atoms with Gasteiger partial charge in [-0.05, 0) is 65.6 Å². The first-order valence-electron chi connectivity index (χ1n) is 11.8. The maximum atomic E-state index is 13.8. The molecule has 0 atom stereocenters. The van der Waals surface area contributed by atoms with Gasteiger partial charge in [-0.15, -0.1) is 0 Å². The van der Waals surface area contributed by atoms with Crippen molar-refractivity contribution in [2.75, 3.05) is 4.90 Å². The molecular weight excluding hydrogens is 449 g/mol. The van der Waals surface area contributed by atoms with Crippen molar-refractivity contribution in [1.29, 1.82) is 0 Å². The highest BCUT2D eigenvalue weighted by Crippen LogP contribution is 2.55. The highest BCUT2D eigenvalue weighted by Gasteiger charge is 2.49. The van der Waals surface area contributed by atoms with E-state index in [1.54, 1.807) is 12.1 Å². The third kappa shape index (κ3) is 3.92. The number of allylic oxidation sites excluding steroid dienone is 4. The van der Waals surface area contributed by atoms with E-state index in [2.05, 4.69) is 32.6 Å². The molecule has 0 saturated carbocycles. The summed E-state index contributed by atoms with van der Waals surface area (Å²) in [4.78, 5) is 29.6. The lowest BCUT2D eigenvalue weighted by molar-refractivity contribution is -0.119. The van der Waals surface area contributed by atoms with Gasteiger partial charge in [-0.3, -0.25) is 9.59 Å². The van der Waals surface area contributed by atoms with Crippen molar-refractivity contribution in [3.8, 4) is 0 Å². The smallest absolute Gasteiger partial charge is 0.162 e. The van der Waals surface area contributed by atoms with Crippen LogP contribution >= 0.6 is 11.6 Å². The normalized spacial score (nSPS) is 22.1. The number of carbonyl (C=O) groups excluding carboxylic acids is 2. The number of rotatable bonds is 2. The van der Waals surface area contributed by atoms with E-state index >= 15 is 0 Å². The van der Waals surface area contributed by atoms with Gasteiger partial charge in [-0.2, -0.15) is 0 Å². The SMILES string of the molecule is CC1(C)CC(=O)C2=C(C1)N(c1ccc(F)cc1)C1=C(C(=O)CC(C)(C)C1)C2c1ccc(Cl)cc1. The molecule has 5 rings (SSSR count). The van der Waals surface area contributed by atoms with Gasteiger partial charge >= 0.3 is 0 Å². The Labute approximate surface area is 205 Å². The van der Waals surface area contributed by atoms with Crippen molar-refractivity contribution in [1.82, 2.24) is 0 Å². The van der Waals surface area contributed by atoms with E-state index < -0.39 is 5.92 Å². The Balaban J connectivity index is 1.82. The predicted octanol–water partition coefficient (Wildman–Crippen LogP) is 7.37. The molecule has 0 spiro atoms. The number of hydrogen-bond donors (Lipinski definition) is 0. The molecule has 0 N–H and O–H groups in total. The molecule has 2 aromatic rings. The Hall–Kier alpha value is -2.72. The fraction of sp³-hybridized carbons (Fsp3) is 0.379. The number of carbonyl (C=O) groups is 2. The highest BCUT2D eigenvalue weighted by molar-refractivity contribution is 6.30. The second-order valence-electron chi connectivity index (χ2n) is 11.4. The number of halogens is 2. The maximum Gasteiger partial charge on any atom is 0.162 e. The van der Waals surface area contributed by atoms with Crippen LogP contribution in [-0.4, -0.2) is 11.6 Å². The molecule has 0 unspecified atom stereocenters. The van der Waals surface area contributed by atoms with E-state index in [0.29, 0.717) is 41.9 Å². The number of benzene rings is 2. The molecule has 2 aliphatic carbocycles. The van der Waals surface area contributed by atoms with Crippen molar-refractivity contribution >= 4 is 28.9 Å². The van der Waals surface area contributed by atoms with Crippen molar-refractivity contribution in [2.24, 2.45) is 10.8 Å². The first-order valence-corrected chi connectivity index (χ1v) is 12.2. The zero-order valence-corrected chi connectivity index (χ0v) is 20.8. The average molecular weight is 478 g/mol. The Morgan fingerprint density at radius 2 is 1.24 bits per heavy atom. The third-order valence-corrected chi connectivity index (χ3v) is 7.45. The molecule has 176 valence electrons. The van der Waals surface area contributed by atoms with Crippen LogP contribution in [0.15, 0.2) is 71.1 Å². The summed E-state index contributed by atoms with van der Waals surface area (Å²) >= 11 is 6.18. The van der Waals surface area contributed by atoms with Gasteiger partial charge < -0.3 is 4.90 Å². The standard InChI is InChI=1S/C29H29ClFNO2/c1-28(2)13-21-26(23(33)15-28)25(17-5-7-18(30)8-6-17)27-22(14-29(3,4)16-24(27)34)32(21)20-11-9-19(31)10-12-20/h5-12,25H,13-16H2,1-4H3. The second kappa shape index (κ2) is 7.91. The topological polar surface area (TPSA) is 37.4 Å². The van der Waals surface area contributed by atoms with E-state index in [9.17, 15) is 14.0 Å². The molecule has 3 nitrogen and oxygen atoms in total. The number of hydrogen-bond acceptors (Lipinski definition) is 3. The van der Waals surface area contributed by atoms with Gasteiger partial charge in [0.2, 0.25) is 0 Å². The Morgan fingerprint density at radius 3 is 1.71 bits per heavy atom. The Bertz CT molecular complexity index is 1200. The van der Waals surface area contributed by atoms with Crippen LogP contribution in [0.4, 0.5) is 10.1 Å². The Kier molecular flexibility index (Phi) is 5.36. The molecular formula is C29H29ClFNO2. The van der Waals surface area contributed by atoms with E-state index in [-0.39, 0.29) is 28.2 Å². The summed E-state index contributed by atoms with van der Waals surface area (Å²) in [6.45, 7) is 8.42. The molecule has 0 fully saturated rings.